The van der Waals surface area contributed by atoms with Crippen molar-refractivity contribution in [2.24, 2.45) is 16.3 Å². The number of rotatable bonds is 7. The first-order valence-electron chi connectivity index (χ1n) is 10.1. The Bertz CT molecular complexity index is 637. The van der Waals surface area contributed by atoms with Crippen molar-refractivity contribution in [2.75, 3.05) is 39.9 Å². The number of ether oxygens (including phenoxy) is 1. The standard InChI is InChI=1S/C21H32N4O.HI/c1-22-20(24-16-21(8-9-21)19-6-7-19)23-14-17-4-2-3-5-18(17)15-25-10-12-26-13-11-25;/h2-5,19H,6-16H2,1H3,(H2,22,23,24);1H. The Morgan fingerprint density at radius 2 is 1.85 bits per heavy atom. The summed E-state index contributed by atoms with van der Waals surface area (Å²) in [7, 11) is 1.87. The molecule has 6 heteroatoms. The highest BCUT2D eigenvalue weighted by atomic mass is 127. The van der Waals surface area contributed by atoms with Gasteiger partial charge in [0, 0.05) is 39.8 Å². The van der Waals surface area contributed by atoms with E-state index in [1.807, 2.05) is 7.05 Å². The van der Waals surface area contributed by atoms with E-state index in [2.05, 4.69) is 44.8 Å². The Morgan fingerprint density at radius 1 is 1.15 bits per heavy atom. The molecule has 0 atom stereocenters. The topological polar surface area (TPSA) is 48.9 Å². The Balaban J connectivity index is 0.00000210. The van der Waals surface area contributed by atoms with E-state index in [0.717, 1.165) is 57.8 Å². The van der Waals surface area contributed by atoms with Crippen LogP contribution >= 0.6 is 24.0 Å². The Hall–Kier alpha value is -0.860. The maximum Gasteiger partial charge on any atom is 0.191 e. The van der Waals surface area contributed by atoms with E-state index in [-0.39, 0.29) is 24.0 Å². The largest absolute Gasteiger partial charge is 0.379 e. The van der Waals surface area contributed by atoms with Crippen molar-refractivity contribution in [3.63, 3.8) is 0 Å². The van der Waals surface area contributed by atoms with Crippen LogP contribution in [0.25, 0.3) is 0 Å². The summed E-state index contributed by atoms with van der Waals surface area (Å²) in [5.41, 5.74) is 3.34. The molecule has 1 saturated heterocycles. The molecular formula is C21H33IN4O. The number of halogens is 1. The Morgan fingerprint density at radius 3 is 2.48 bits per heavy atom. The molecule has 2 saturated carbocycles. The van der Waals surface area contributed by atoms with Crippen LogP contribution in [-0.4, -0.2) is 50.8 Å². The van der Waals surface area contributed by atoms with E-state index in [0.29, 0.717) is 5.41 Å². The molecule has 0 radical (unpaired) electrons. The predicted molar refractivity (Wildman–Crippen MR) is 121 cm³/mol. The van der Waals surface area contributed by atoms with Gasteiger partial charge in [-0.25, -0.2) is 0 Å². The molecule has 1 aromatic rings. The highest BCUT2D eigenvalue weighted by Crippen LogP contribution is 2.60. The molecule has 150 valence electrons. The van der Waals surface area contributed by atoms with Crippen LogP contribution in [0.5, 0.6) is 0 Å². The van der Waals surface area contributed by atoms with Crippen molar-refractivity contribution in [1.82, 2.24) is 15.5 Å². The van der Waals surface area contributed by atoms with Crippen molar-refractivity contribution in [2.45, 2.75) is 38.8 Å². The summed E-state index contributed by atoms with van der Waals surface area (Å²) >= 11 is 0. The van der Waals surface area contributed by atoms with Gasteiger partial charge in [-0.2, -0.15) is 0 Å². The molecule has 5 nitrogen and oxygen atoms in total. The molecule has 0 bridgehead atoms. The van der Waals surface area contributed by atoms with E-state index in [4.69, 9.17) is 4.74 Å². The fourth-order valence-corrected chi connectivity index (χ4v) is 4.13. The lowest BCUT2D eigenvalue weighted by Crippen LogP contribution is -2.40. The maximum absolute atomic E-state index is 5.46. The minimum atomic E-state index is 0. The lowest BCUT2D eigenvalue weighted by molar-refractivity contribution is 0.0341. The van der Waals surface area contributed by atoms with Crippen molar-refractivity contribution >= 4 is 29.9 Å². The van der Waals surface area contributed by atoms with Gasteiger partial charge < -0.3 is 15.4 Å². The van der Waals surface area contributed by atoms with Crippen LogP contribution in [0.1, 0.15) is 36.8 Å². The molecule has 27 heavy (non-hydrogen) atoms. The number of morpholine rings is 1. The summed E-state index contributed by atoms with van der Waals surface area (Å²) in [5, 5.41) is 7.10. The van der Waals surface area contributed by atoms with Gasteiger partial charge in [-0.05, 0) is 48.1 Å². The van der Waals surface area contributed by atoms with E-state index in [9.17, 15) is 0 Å². The van der Waals surface area contributed by atoms with Crippen molar-refractivity contribution in [3.8, 4) is 0 Å². The number of hydrogen-bond donors (Lipinski definition) is 2. The number of hydrogen-bond acceptors (Lipinski definition) is 3. The van der Waals surface area contributed by atoms with Gasteiger partial charge in [-0.15, -0.1) is 24.0 Å². The second-order valence-electron chi connectivity index (χ2n) is 8.07. The highest BCUT2D eigenvalue weighted by Gasteiger charge is 2.53. The van der Waals surface area contributed by atoms with E-state index >= 15 is 0 Å². The lowest BCUT2D eigenvalue weighted by Gasteiger charge is -2.27. The number of nitrogens with one attached hydrogen (secondary N) is 2. The average Bonchev–Trinajstić information content (AvgIpc) is 3.57. The third-order valence-electron chi connectivity index (χ3n) is 6.23. The molecule has 2 aliphatic carbocycles. The third-order valence-corrected chi connectivity index (χ3v) is 6.23. The second-order valence-corrected chi connectivity index (χ2v) is 8.07. The van der Waals surface area contributed by atoms with Crippen molar-refractivity contribution in [3.05, 3.63) is 35.4 Å². The first-order valence-corrected chi connectivity index (χ1v) is 10.1. The molecule has 1 heterocycles. The second kappa shape index (κ2) is 9.56. The van der Waals surface area contributed by atoms with Gasteiger partial charge >= 0.3 is 0 Å². The summed E-state index contributed by atoms with van der Waals surface area (Å²) in [4.78, 5) is 6.90. The zero-order valence-electron chi connectivity index (χ0n) is 16.4. The predicted octanol–water partition coefficient (Wildman–Crippen LogP) is 2.99. The highest BCUT2D eigenvalue weighted by molar-refractivity contribution is 14.0. The normalized spacial score (nSPS) is 22.0. The lowest BCUT2D eigenvalue weighted by atomic mass is 10.0. The number of aliphatic imine (C=N–C) groups is 1. The number of benzene rings is 1. The summed E-state index contributed by atoms with van der Waals surface area (Å²) in [6.45, 7) is 6.63. The molecule has 4 rings (SSSR count). The summed E-state index contributed by atoms with van der Waals surface area (Å²) < 4.78 is 5.46. The van der Waals surface area contributed by atoms with Gasteiger partial charge in [0.1, 0.15) is 0 Å². The molecule has 0 unspecified atom stereocenters. The zero-order valence-corrected chi connectivity index (χ0v) is 18.7. The van der Waals surface area contributed by atoms with Crippen molar-refractivity contribution < 1.29 is 4.74 Å². The van der Waals surface area contributed by atoms with Crippen molar-refractivity contribution in [1.29, 1.82) is 0 Å². The Labute approximate surface area is 180 Å². The summed E-state index contributed by atoms with van der Waals surface area (Å²) in [6, 6.07) is 8.73. The molecular weight excluding hydrogens is 451 g/mol. The number of guanidine groups is 1. The van der Waals surface area contributed by atoms with Gasteiger partial charge in [-0.3, -0.25) is 9.89 Å². The fraction of sp³-hybridized carbons (Fsp3) is 0.667. The van der Waals surface area contributed by atoms with Crippen LogP contribution in [0.15, 0.2) is 29.3 Å². The molecule has 3 aliphatic rings. The van der Waals surface area contributed by atoms with E-state index in [1.165, 1.54) is 36.8 Å². The summed E-state index contributed by atoms with van der Waals surface area (Å²) in [5.74, 6) is 1.90. The van der Waals surface area contributed by atoms with E-state index in [1.54, 1.807) is 0 Å². The quantitative estimate of drug-likeness (QED) is 0.355. The minimum Gasteiger partial charge on any atom is -0.379 e. The maximum atomic E-state index is 5.46. The van der Waals surface area contributed by atoms with Crippen LogP contribution in [0, 0.1) is 11.3 Å². The summed E-state index contributed by atoms with van der Waals surface area (Å²) in [6.07, 6.45) is 5.65. The first-order chi connectivity index (χ1) is 12.8. The molecule has 1 aromatic carbocycles. The first kappa shape index (κ1) is 20.9. The van der Waals surface area contributed by atoms with Gasteiger partial charge in [0.05, 0.1) is 13.2 Å². The third kappa shape index (κ3) is 5.57. The average molecular weight is 484 g/mol. The van der Waals surface area contributed by atoms with E-state index < -0.39 is 0 Å². The fourth-order valence-electron chi connectivity index (χ4n) is 4.13. The monoisotopic (exact) mass is 484 g/mol. The van der Waals surface area contributed by atoms with Crippen LogP contribution in [0.4, 0.5) is 0 Å². The molecule has 3 fully saturated rings. The molecule has 0 spiro atoms. The SMILES string of the molecule is CN=C(NCc1ccccc1CN1CCOCC1)NCC1(C2CC2)CC1.I. The molecule has 0 aromatic heterocycles. The van der Waals surface area contributed by atoms with Gasteiger partial charge in [0.2, 0.25) is 0 Å². The smallest absolute Gasteiger partial charge is 0.191 e. The van der Waals surface area contributed by atoms with Crippen LogP contribution in [0.3, 0.4) is 0 Å². The minimum absolute atomic E-state index is 0. The van der Waals surface area contributed by atoms with Crippen LogP contribution < -0.4 is 10.6 Å². The van der Waals surface area contributed by atoms with Gasteiger partial charge in [0.15, 0.2) is 5.96 Å². The van der Waals surface area contributed by atoms with Crippen LogP contribution in [-0.2, 0) is 17.8 Å². The Kier molecular flexibility index (Phi) is 7.39. The van der Waals surface area contributed by atoms with Gasteiger partial charge in [-0.1, -0.05) is 24.3 Å². The van der Waals surface area contributed by atoms with Gasteiger partial charge in [0.25, 0.3) is 0 Å². The number of nitrogens with zero attached hydrogens (tertiary/aromatic N) is 2. The molecule has 0 amide bonds. The van der Waals surface area contributed by atoms with Crippen LogP contribution in [0.2, 0.25) is 0 Å². The molecule has 2 N–H and O–H groups in total. The zero-order chi connectivity index (χ0) is 17.8. The molecule has 1 aliphatic heterocycles.